The first-order valence-corrected chi connectivity index (χ1v) is 5.64. The van der Waals surface area contributed by atoms with E-state index in [9.17, 15) is 4.79 Å². The van der Waals surface area contributed by atoms with E-state index in [0.717, 1.165) is 16.7 Å². The Labute approximate surface area is 110 Å². The topological polar surface area (TPSA) is 108 Å². The molecule has 4 N–H and O–H groups in total. The number of aliphatic imine (C=N–C) groups is 1. The largest absolute Gasteiger partial charge is 0.444 e. The van der Waals surface area contributed by atoms with Crippen LogP contribution in [0.15, 0.2) is 33.9 Å². The van der Waals surface area contributed by atoms with Crippen molar-refractivity contribution in [3.63, 3.8) is 0 Å². The summed E-state index contributed by atoms with van der Waals surface area (Å²) < 4.78 is 5.28. The highest BCUT2D eigenvalue weighted by molar-refractivity contribution is 6.00. The SMILES string of the molecule is Cc1cc(C)cc(-c2nc(C(=O)N=C(N)N)co2)c1. The number of guanidine groups is 1. The van der Waals surface area contributed by atoms with Gasteiger partial charge in [-0.25, -0.2) is 4.98 Å². The molecule has 6 nitrogen and oxygen atoms in total. The van der Waals surface area contributed by atoms with E-state index in [2.05, 4.69) is 9.98 Å². The Balaban J connectivity index is 2.35. The minimum Gasteiger partial charge on any atom is -0.444 e. The van der Waals surface area contributed by atoms with E-state index in [1.54, 1.807) is 0 Å². The monoisotopic (exact) mass is 258 g/mol. The van der Waals surface area contributed by atoms with Crippen LogP contribution in [0, 0.1) is 13.8 Å². The predicted octanol–water partition coefficient (Wildman–Crippen LogP) is 1.37. The van der Waals surface area contributed by atoms with Crippen LogP contribution >= 0.6 is 0 Å². The molecule has 1 aromatic heterocycles. The fourth-order valence-corrected chi connectivity index (χ4v) is 1.78. The van der Waals surface area contributed by atoms with Gasteiger partial charge in [0.2, 0.25) is 5.89 Å². The fourth-order valence-electron chi connectivity index (χ4n) is 1.78. The highest BCUT2D eigenvalue weighted by Crippen LogP contribution is 2.21. The Hall–Kier alpha value is -2.63. The zero-order valence-corrected chi connectivity index (χ0v) is 10.7. The van der Waals surface area contributed by atoms with E-state index in [4.69, 9.17) is 15.9 Å². The number of aryl methyl sites for hydroxylation is 2. The number of aromatic nitrogens is 1. The van der Waals surface area contributed by atoms with Gasteiger partial charge in [0, 0.05) is 5.56 Å². The van der Waals surface area contributed by atoms with E-state index in [-0.39, 0.29) is 11.7 Å². The molecular formula is C13H14N4O2. The first kappa shape index (κ1) is 12.8. The van der Waals surface area contributed by atoms with E-state index in [1.807, 2.05) is 32.0 Å². The molecule has 2 aromatic rings. The second-order valence-corrected chi connectivity index (χ2v) is 4.26. The predicted molar refractivity (Wildman–Crippen MR) is 71.6 cm³/mol. The molecule has 6 heteroatoms. The van der Waals surface area contributed by atoms with Crippen molar-refractivity contribution >= 4 is 11.9 Å². The summed E-state index contributed by atoms with van der Waals surface area (Å²) in [5.41, 5.74) is 13.3. The lowest BCUT2D eigenvalue weighted by Crippen LogP contribution is -2.24. The molecule has 0 atom stereocenters. The molecule has 1 aromatic carbocycles. The van der Waals surface area contributed by atoms with Gasteiger partial charge in [-0.15, -0.1) is 0 Å². The van der Waals surface area contributed by atoms with Crippen LogP contribution < -0.4 is 11.5 Å². The van der Waals surface area contributed by atoms with Gasteiger partial charge < -0.3 is 15.9 Å². The summed E-state index contributed by atoms with van der Waals surface area (Å²) in [6.07, 6.45) is 1.24. The van der Waals surface area contributed by atoms with Gasteiger partial charge in [0.1, 0.15) is 6.26 Å². The number of oxazole rings is 1. The van der Waals surface area contributed by atoms with Gasteiger partial charge in [0.05, 0.1) is 0 Å². The normalized spacial score (nSPS) is 10.2. The zero-order chi connectivity index (χ0) is 14.0. The van der Waals surface area contributed by atoms with Crippen molar-refractivity contribution in [1.82, 2.24) is 4.98 Å². The molecule has 1 amide bonds. The maximum Gasteiger partial charge on any atom is 0.302 e. The summed E-state index contributed by atoms with van der Waals surface area (Å²) in [5, 5.41) is 0. The van der Waals surface area contributed by atoms with Gasteiger partial charge in [0.15, 0.2) is 11.7 Å². The van der Waals surface area contributed by atoms with E-state index < -0.39 is 5.91 Å². The average molecular weight is 258 g/mol. The number of nitrogens with two attached hydrogens (primary N) is 2. The number of carbonyl (C=O) groups is 1. The summed E-state index contributed by atoms with van der Waals surface area (Å²) >= 11 is 0. The second-order valence-electron chi connectivity index (χ2n) is 4.26. The second kappa shape index (κ2) is 4.93. The lowest BCUT2D eigenvalue weighted by atomic mass is 10.1. The Morgan fingerprint density at radius 3 is 2.42 bits per heavy atom. The maximum atomic E-state index is 11.6. The first-order chi connectivity index (χ1) is 8.95. The molecule has 19 heavy (non-hydrogen) atoms. The molecule has 0 aliphatic carbocycles. The third-order valence-electron chi connectivity index (χ3n) is 2.42. The average Bonchev–Trinajstić information content (AvgIpc) is 2.75. The molecule has 0 saturated carbocycles. The van der Waals surface area contributed by atoms with Gasteiger partial charge in [-0.05, 0) is 26.0 Å². The highest BCUT2D eigenvalue weighted by Gasteiger charge is 2.13. The summed E-state index contributed by atoms with van der Waals surface area (Å²) in [5.74, 6) is -0.568. The number of hydrogen-bond donors (Lipinski definition) is 2. The fraction of sp³-hybridized carbons (Fsp3) is 0.154. The van der Waals surface area contributed by atoms with E-state index >= 15 is 0 Å². The maximum absolute atomic E-state index is 11.6. The van der Waals surface area contributed by atoms with Gasteiger partial charge in [-0.3, -0.25) is 4.79 Å². The Morgan fingerprint density at radius 2 is 1.84 bits per heavy atom. The number of amides is 1. The number of nitrogens with zero attached hydrogens (tertiary/aromatic N) is 2. The van der Waals surface area contributed by atoms with Gasteiger partial charge >= 0.3 is 5.91 Å². The molecule has 0 bridgehead atoms. The van der Waals surface area contributed by atoms with Crippen LogP contribution in [0.3, 0.4) is 0 Å². The third-order valence-corrected chi connectivity index (χ3v) is 2.42. The van der Waals surface area contributed by atoms with Crippen LogP contribution in [0.4, 0.5) is 0 Å². The third kappa shape index (κ3) is 2.98. The molecule has 0 aliphatic rings. The molecule has 98 valence electrons. The van der Waals surface area contributed by atoms with Crippen molar-refractivity contribution < 1.29 is 9.21 Å². The summed E-state index contributed by atoms with van der Waals surface area (Å²) in [6.45, 7) is 3.95. The Kier molecular flexibility index (Phi) is 3.33. The molecule has 1 heterocycles. The molecule has 0 fully saturated rings. The van der Waals surface area contributed by atoms with Crippen molar-refractivity contribution in [2.24, 2.45) is 16.5 Å². The number of rotatable bonds is 2. The highest BCUT2D eigenvalue weighted by atomic mass is 16.3. The smallest absolute Gasteiger partial charge is 0.302 e. The molecule has 0 spiro atoms. The number of benzene rings is 1. The van der Waals surface area contributed by atoms with E-state index in [1.165, 1.54) is 6.26 Å². The van der Waals surface area contributed by atoms with Crippen molar-refractivity contribution in [1.29, 1.82) is 0 Å². The van der Waals surface area contributed by atoms with Crippen molar-refractivity contribution in [3.05, 3.63) is 41.3 Å². The van der Waals surface area contributed by atoms with Crippen LogP contribution in [0.2, 0.25) is 0 Å². The molecule has 0 aliphatic heterocycles. The van der Waals surface area contributed by atoms with Crippen LogP contribution in [0.1, 0.15) is 21.6 Å². The minimum absolute atomic E-state index is 0.0718. The standard InChI is InChI=1S/C13H14N4O2/c1-7-3-8(2)5-9(4-7)12-16-10(6-19-12)11(18)17-13(14)15/h3-6H,1-2H3,(H4,14,15,17,18). The summed E-state index contributed by atoms with van der Waals surface area (Å²) in [4.78, 5) is 19.0. The number of hydrogen-bond acceptors (Lipinski definition) is 3. The lowest BCUT2D eigenvalue weighted by molar-refractivity contribution is 0.0998. The van der Waals surface area contributed by atoms with Crippen molar-refractivity contribution in [2.75, 3.05) is 0 Å². The van der Waals surface area contributed by atoms with E-state index in [0.29, 0.717) is 5.89 Å². The van der Waals surface area contributed by atoms with Gasteiger partial charge in [-0.2, -0.15) is 4.99 Å². The Morgan fingerprint density at radius 1 is 1.21 bits per heavy atom. The first-order valence-electron chi connectivity index (χ1n) is 5.64. The van der Waals surface area contributed by atoms with Crippen LogP contribution in [0.5, 0.6) is 0 Å². The van der Waals surface area contributed by atoms with Crippen LogP contribution in [0.25, 0.3) is 11.5 Å². The number of carbonyl (C=O) groups excluding carboxylic acids is 1. The molecule has 0 unspecified atom stereocenters. The van der Waals surface area contributed by atoms with Crippen molar-refractivity contribution in [3.8, 4) is 11.5 Å². The molecule has 2 rings (SSSR count). The van der Waals surface area contributed by atoms with Gasteiger partial charge in [-0.1, -0.05) is 17.2 Å². The minimum atomic E-state index is -0.626. The van der Waals surface area contributed by atoms with Crippen LogP contribution in [-0.4, -0.2) is 16.9 Å². The Bertz CT molecular complexity index is 634. The van der Waals surface area contributed by atoms with Crippen molar-refractivity contribution in [2.45, 2.75) is 13.8 Å². The van der Waals surface area contributed by atoms with Gasteiger partial charge in [0.25, 0.3) is 0 Å². The molecule has 0 saturated heterocycles. The lowest BCUT2D eigenvalue weighted by Gasteiger charge is -2.00. The quantitative estimate of drug-likeness (QED) is 0.624. The zero-order valence-electron chi connectivity index (χ0n) is 10.7. The van der Waals surface area contributed by atoms with Crippen LogP contribution in [-0.2, 0) is 0 Å². The summed E-state index contributed by atoms with van der Waals surface area (Å²) in [7, 11) is 0. The molecular weight excluding hydrogens is 244 g/mol. The molecule has 0 radical (unpaired) electrons. The summed E-state index contributed by atoms with van der Waals surface area (Å²) in [6, 6.07) is 5.89.